The van der Waals surface area contributed by atoms with Gasteiger partial charge >= 0.3 is 0 Å². The molecule has 0 bridgehead atoms. The molecule has 1 aliphatic carbocycles. The van der Waals surface area contributed by atoms with E-state index in [0.29, 0.717) is 13.0 Å². The molecule has 0 saturated carbocycles. The van der Waals surface area contributed by atoms with Crippen LogP contribution in [0.1, 0.15) is 56.1 Å². The Morgan fingerprint density at radius 2 is 1.73 bits per heavy atom. The Labute approximate surface area is 196 Å². The van der Waals surface area contributed by atoms with Gasteiger partial charge in [0.05, 0.1) is 12.2 Å². The molecule has 2 amide bonds. The Morgan fingerprint density at radius 1 is 1.03 bits per heavy atom. The van der Waals surface area contributed by atoms with Crippen LogP contribution in [0.4, 0.5) is 5.69 Å². The van der Waals surface area contributed by atoms with Crippen LogP contribution >= 0.6 is 0 Å². The first-order chi connectivity index (χ1) is 16.1. The molecule has 0 atom stereocenters. The molecule has 0 spiro atoms. The van der Waals surface area contributed by atoms with Crippen molar-refractivity contribution < 1.29 is 9.59 Å². The van der Waals surface area contributed by atoms with E-state index in [-0.39, 0.29) is 17.8 Å². The van der Waals surface area contributed by atoms with Gasteiger partial charge in [0, 0.05) is 26.1 Å². The van der Waals surface area contributed by atoms with Crippen molar-refractivity contribution >= 4 is 23.5 Å². The Hall–Kier alpha value is -3.52. The second kappa shape index (κ2) is 13.8. The Kier molecular flexibility index (Phi) is 10.8. The number of amides is 2. The minimum atomic E-state index is 0.132. The van der Waals surface area contributed by atoms with Crippen molar-refractivity contribution in [3.05, 3.63) is 29.3 Å². The second-order valence-corrected chi connectivity index (χ2v) is 8.25. The number of aliphatic imine (C=N–C) groups is 1. The van der Waals surface area contributed by atoms with Crippen molar-refractivity contribution in [2.45, 2.75) is 57.8 Å². The predicted octanol–water partition coefficient (Wildman–Crippen LogP) is 2.45. The lowest BCUT2D eigenvalue weighted by Gasteiger charge is -2.23. The number of nitrogens with one attached hydrogen (secondary N) is 1. The van der Waals surface area contributed by atoms with Gasteiger partial charge in [-0.05, 0) is 68.2 Å². The second-order valence-electron chi connectivity index (χ2n) is 8.25. The number of rotatable bonds is 3. The lowest BCUT2D eigenvalue weighted by atomic mass is 10.1. The number of terminal acetylenes is 1. The number of hydrogen-bond acceptors (Lipinski definition) is 4. The molecular weight excluding hydrogens is 416 g/mol. The predicted molar refractivity (Wildman–Crippen MR) is 129 cm³/mol. The van der Waals surface area contributed by atoms with Gasteiger partial charge in [0.25, 0.3) is 0 Å². The standard InChI is InChI=1S/C12H20N2O2.C11H12N4.C2H2/c15-11-6-2-1-3-9-14(11)10-12(16)13-7-4-5-8-13;12-7-14-11(13)15-10-5-4-8-2-1-3-9(8)6-10;1-2/h1-10H2;4-6H,1-3H2,(H3,13,14,15);1-2H. The molecule has 2 aliphatic heterocycles. The Morgan fingerprint density at radius 3 is 2.45 bits per heavy atom. The highest BCUT2D eigenvalue weighted by Crippen LogP contribution is 2.26. The Balaban J connectivity index is 0.000000218. The van der Waals surface area contributed by atoms with Crippen molar-refractivity contribution in [3.63, 3.8) is 0 Å². The summed E-state index contributed by atoms with van der Waals surface area (Å²) in [6, 6.07) is 6.05. The van der Waals surface area contributed by atoms with E-state index in [0.717, 1.165) is 70.3 Å². The van der Waals surface area contributed by atoms with E-state index < -0.39 is 0 Å². The van der Waals surface area contributed by atoms with Gasteiger partial charge in [0.1, 0.15) is 0 Å². The minimum Gasteiger partial charge on any atom is -0.369 e. The summed E-state index contributed by atoms with van der Waals surface area (Å²) in [5.74, 6) is 0.424. The van der Waals surface area contributed by atoms with Gasteiger partial charge in [-0.15, -0.1) is 12.8 Å². The molecule has 2 saturated heterocycles. The average molecular weight is 451 g/mol. The first-order valence-corrected chi connectivity index (χ1v) is 11.6. The summed E-state index contributed by atoms with van der Waals surface area (Å²) >= 11 is 0. The van der Waals surface area contributed by atoms with E-state index in [1.54, 1.807) is 11.1 Å². The van der Waals surface area contributed by atoms with E-state index >= 15 is 0 Å². The lowest BCUT2D eigenvalue weighted by molar-refractivity contribution is -0.139. The van der Waals surface area contributed by atoms with Crippen molar-refractivity contribution in [1.29, 1.82) is 5.26 Å². The number of aryl methyl sites for hydroxylation is 2. The van der Waals surface area contributed by atoms with Gasteiger partial charge in [-0.2, -0.15) is 5.26 Å². The molecule has 0 aromatic heterocycles. The van der Waals surface area contributed by atoms with E-state index in [1.165, 1.54) is 17.5 Å². The first kappa shape index (κ1) is 25.7. The number of likely N-dealkylation sites (tertiary alicyclic amines) is 2. The van der Waals surface area contributed by atoms with Crippen LogP contribution in [0.5, 0.6) is 0 Å². The number of benzene rings is 1. The number of hydrogen-bond donors (Lipinski definition) is 2. The molecule has 3 aliphatic rings. The van der Waals surface area contributed by atoms with Crippen LogP contribution < -0.4 is 11.1 Å². The topological polar surface area (TPSA) is 115 Å². The zero-order valence-corrected chi connectivity index (χ0v) is 19.3. The molecule has 1 aromatic carbocycles. The molecule has 1 aromatic rings. The Bertz CT molecular complexity index is 896. The van der Waals surface area contributed by atoms with Crippen LogP contribution in [0.3, 0.4) is 0 Å². The van der Waals surface area contributed by atoms with E-state index in [1.807, 2.05) is 17.0 Å². The van der Waals surface area contributed by atoms with Gasteiger partial charge in [-0.3, -0.25) is 14.9 Å². The molecule has 8 nitrogen and oxygen atoms in total. The van der Waals surface area contributed by atoms with Crippen LogP contribution in [0.25, 0.3) is 0 Å². The number of fused-ring (bicyclic) bond motifs is 1. The molecule has 2 fully saturated rings. The minimum absolute atomic E-state index is 0.132. The van der Waals surface area contributed by atoms with Gasteiger partial charge in [0.2, 0.25) is 17.8 Å². The summed E-state index contributed by atoms with van der Waals surface area (Å²) in [6.45, 7) is 2.82. The third-order valence-corrected chi connectivity index (χ3v) is 5.97. The maximum absolute atomic E-state index is 11.9. The number of nitriles is 1. The highest BCUT2D eigenvalue weighted by atomic mass is 16.2. The quantitative estimate of drug-likeness (QED) is 0.241. The summed E-state index contributed by atoms with van der Waals surface area (Å²) < 4.78 is 0. The highest BCUT2D eigenvalue weighted by Gasteiger charge is 2.23. The van der Waals surface area contributed by atoms with Crippen molar-refractivity contribution in [2.24, 2.45) is 10.7 Å². The SMILES string of the molecule is C#C.N#CNC(N)=Nc1ccc2c(c1)CCC2.O=C(CN1CCCCCC1=O)N1CCCC1. The fourth-order valence-corrected chi connectivity index (χ4v) is 4.29. The monoisotopic (exact) mass is 450 g/mol. The van der Waals surface area contributed by atoms with Gasteiger partial charge in [0.15, 0.2) is 6.19 Å². The number of guanidine groups is 1. The van der Waals surface area contributed by atoms with E-state index in [9.17, 15) is 9.59 Å². The summed E-state index contributed by atoms with van der Waals surface area (Å²) in [4.78, 5) is 31.3. The van der Waals surface area contributed by atoms with Gasteiger partial charge in [-0.1, -0.05) is 12.5 Å². The third-order valence-electron chi connectivity index (χ3n) is 5.97. The summed E-state index contributed by atoms with van der Waals surface area (Å²) in [7, 11) is 0. The summed E-state index contributed by atoms with van der Waals surface area (Å²) in [6.07, 6.45) is 19.2. The van der Waals surface area contributed by atoms with Gasteiger partial charge < -0.3 is 15.5 Å². The summed E-state index contributed by atoms with van der Waals surface area (Å²) in [5, 5.41) is 10.6. The molecule has 176 valence electrons. The zero-order chi connectivity index (χ0) is 24.1. The third kappa shape index (κ3) is 8.16. The number of carbonyl (C=O) groups is 2. The van der Waals surface area contributed by atoms with Crippen molar-refractivity contribution in [2.75, 3.05) is 26.2 Å². The zero-order valence-electron chi connectivity index (χ0n) is 19.3. The fraction of sp³-hybridized carbons (Fsp3) is 0.520. The highest BCUT2D eigenvalue weighted by molar-refractivity contribution is 5.85. The molecule has 4 rings (SSSR count). The fourth-order valence-electron chi connectivity index (χ4n) is 4.29. The van der Waals surface area contributed by atoms with Crippen molar-refractivity contribution in [3.8, 4) is 19.0 Å². The summed E-state index contributed by atoms with van der Waals surface area (Å²) in [5.41, 5.74) is 9.03. The first-order valence-electron chi connectivity index (χ1n) is 11.6. The molecular formula is C25H34N6O2. The van der Waals surface area contributed by atoms with Crippen LogP contribution in [-0.4, -0.2) is 53.8 Å². The molecule has 2 heterocycles. The molecule has 8 heteroatoms. The molecule has 33 heavy (non-hydrogen) atoms. The maximum Gasteiger partial charge on any atom is 0.242 e. The van der Waals surface area contributed by atoms with Gasteiger partial charge in [-0.25, -0.2) is 4.99 Å². The van der Waals surface area contributed by atoms with E-state index in [2.05, 4.69) is 29.2 Å². The van der Waals surface area contributed by atoms with Crippen molar-refractivity contribution in [1.82, 2.24) is 15.1 Å². The number of nitrogens with zero attached hydrogens (tertiary/aromatic N) is 4. The molecule has 3 N–H and O–H groups in total. The molecule has 0 radical (unpaired) electrons. The normalized spacial score (nSPS) is 17.5. The average Bonchev–Trinajstić information content (AvgIpc) is 3.48. The molecule has 0 unspecified atom stereocenters. The van der Waals surface area contributed by atoms with E-state index in [4.69, 9.17) is 11.0 Å². The smallest absolute Gasteiger partial charge is 0.242 e. The van der Waals surface area contributed by atoms with Crippen LogP contribution in [0, 0.1) is 24.3 Å². The van der Waals surface area contributed by atoms with Crippen LogP contribution in [0.2, 0.25) is 0 Å². The lowest BCUT2D eigenvalue weighted by Crippen LogP contribution is -2.41. The largest absolute Gasteiger partial charge is 0.369 e. The number of carbonyl (C=O) groups excluding carboxylic acids is 2. The van der Waals surface area contributed by atoms with Crippen LogP contribution in [-0.2, 0) is 22.4 Å². The maximum atomic E-state index is 11.9. The number of nitrogens with two attached hydrogens (primary N) is 1. The van der Waals surface area contributed by atoms with Crippen LogP contribution in [0.15, 0.2) is 23.2 Å².